The summed E-state index contributed by atoms with van der Waals surface area (Å²) in [6, 6.07) is 7.78. The maximum Gasteiger partial charge on any atom is 0.298 e. The Labute approximate surface area is 104 Å². The number of hydrogen-bond acceptors (Lipinski definition) is 5. The van der Waals surface area contributed by atoms with Crippen LogP contribution in [0.1, 0.15) is 24.6 Å². The van der Waals surface area contributed by atoms with E-state index in [4.69, 9.17) is 4.74 Å². The maximum atomic E-state index is 5.65. The predicted octanol–water partition coefficient (Wildman–Crippen LogP) is 3.25. The van der Waals surface area contributed by atoms with Crippen molar-refractivity contribution in [1.82, 2.24) is 9.36 Å². The molecule has 1 heterocycles. The second-order valence-corrected chi connectivity index (χ2v) is 4.78. The quantitative estimate of drug-likeness (QED) is 0.901. The topological polar surface area (TPSA) is 47.0 Å². The van der Waals surface area contributed by atoms with Crippen molar-refractivity contribution in [2.24, 2.45) is 0 Å². The van der Waals surface area contributed by atoms with Crippen molar-refractivity contribution in [3.05, 3.63) is 30.1 Å². The van der Waals surface area contributed by atoms with Crippen LogP contribution in [0, 0.1) is 0 Å². The number of benzene rings is 1. The number of aromatic nitrogens is 2. The van der Waals surface area contributed by atoms with E-state index in [1.165, 1.54) is 24.4 Å². The zero-order chi connectivity index (χ0) is 11.7. The molecule has 3 rings (SSSR count). The van der Waals surface area contributed by atoms with Crippen LogP contribution in [0.25, 0.3) is 0 Å². The Bertz CT molecular complexity index is 505. The highest BCUT2D eigenvalue weighted by Crippen LogP contribution is 2.40. The molecular weight excluding hydrogens is 234 g/mol. The van der Waals surface area contributed by atoms with Crippen molar-refractivity contribution in [3.8, 4) is 10.9 Å². The lowest BCUT2D eigenvalue weighted by molar-refractivity contribution is 0.477. The van der Waals surface area contributed by atoms with E-state index in [2.05, 4.69) is 14.7 Å². The largest absolute Gasteiger partial charge is 0.430 e. The van der Waals surface area contributed by atoms with Crippen LogP contribution in [0.5, 0.6) is 10.9 Å². The fourth-order valence-corrected chi connectivity index (χ4v) is 2.19. The van der Waals surface area contributed by atoms with E-state index in [9.17, 15) is 0 Å². The summed E-state index contributed by atoms with van der Waals surface area (Å²) in [6.45, 7) is 0. The van der Waals surface area contributed by atoms with Gasteiger partial charge in [-0.1, -0.05) is 0 Å². The summed E-state index contributed by atoms with van der Waals surface area (Å²) < 4.78 is 9.95. The minimum absolute atomic E-state index is 0.579. The summed E-state index contributed by atoms with van der Waals surface area (Å²) in [5.74, 6) is 2.31. The number of ether oxygens (including phenoxy) is 1. The Morgan fingerprint density at radius 1 is 1.29 bits per heavy atom. The van der Waals surface area contributed by atoms with E-state index in [0.717, 1.165) is 17.3 Å². The molecule has 1 aromatic carbocycles. The van der Waals surface area contributed by atoms with Gasteiger partial charge in [-0.05, 0) is 37.1 Å². The summed E-state index contributed by atoms with van der Waals surface area (Å²) in [4.78, 5) is 4.38. The molecule has 0 unspecified atom stereocenters. The number of nitrogens with one attached hydrogen (secondary N) is 1. The highest BCUT2D eigenvalue weighted by Gasteiger charge is 2.28. The van der Waals surface area contributed by atoms with Crippen molar-refractivity contribution in [1.29, 1.82) is 0 Å². The molecule has 1 aliphatic rings. The molecule has 0 aliphatic heterocycles. The van der Waals surface area contributed by atoms with Gasteiger partial charge in [-0.2, -0.15) is 9.36 Å². The molecule has 0 amide bonds. The Hall–Kier alpha value is -1.62. The van der Waals surface area contributed by atoms with Gasteiger partial charge in [-0.15, -0.1) is 0 Å². The van der Waals surface area contributed by atoms with Crippen LogP contribution < -0.4 is 10.1 Å². The van der Waals surface area contributed by atoms with Crippen LogP contribution in [0.4, 0.5) is 5.69 Å². The van der Waals surface area contributed by atoms with Gasteiger partial charge in [0.05, 0.1) is 0 Å². The summed E-state index contributed by atoms with van der Waals surface area (Å²) in [5, 5.41) is 3.69. The third-order valence-electron chi connectivity index (χ3n) is 2.71. The molecule has 0 atom stereocenters. The first kappa shape index (κ1) is 10.5. The Balaban J connectivity index is 1.71. The van der Waals surface area contributed by atoms with Crippen LogP contribution in [-0.4, -0.2) is 16.4 Å². The molecule has 0 spiro atoms. The van der Waals surface area contributed by atoms with Crippen LogP contribution >= 0.6 is 11.5 Å². The molecular formula is C12H13N3OS. The lowest BCUT2D eigenvalue weighted by Gasteiger charge is -2.02. The summed E-state index contributed by atoms with van der Waals surface area (Å²) >= 11 is 1.32. The van der Waals surface area contributed by atoms with Gasteiger partial charge >= 0.3 is 0 Å². The highest BCUT2D eigenvalue weighted by molar-refractivity contribution is 7.07. The van der Waals surface area contributed by atoms with Gasteiger partial charge in [-0.3, -0.25) is 0 Å². The van der Waals surface area contributed by atoms with Crippen LogP contribution in [-0.2, 0) is 0 Å². The molecule has 1 saturated carbocycles. The van der Waals surface area contributed by atoms with E-state index in [0.29, 0.717) is 11.1 Å². The van der Waals surface area contributed by atoms with Gasteiger partial charge in [0.2, 0.25) is 0 Å². The molecule has 1 aliphatic carbocycles. The normalized spacial score (nSPS) is 14.6. The third kappa shape index (κ3) is 2.39. The van der Waals surface area contributed by atoms with Gasteiger partial charge in [0.1, 0.15) is 11.6 Å². The van der Waals surface area contributed by atoms with Gasteiger partial charge in [0.15, 0.2) is 0 Å². The fourth-order valence-electron chi connectivity index (χ4n) is 1.56. The smallest absolute Gasteiger partial charge is 0.298 e. The third-order valence-corrected chi connectivity index (χ3v) is 3.32. The molecule has 5 heteroatoms. The van der Waals surface area contributed by atoms with E-state index >= 15 is 0 Å². The van der Waals surface area contributed by atoms with Gasteiger partial charge < -0.3 is 10.1 Å². The highest BCUT2D eigenvalue weighted by atomic mass is 32.1. The first-order valence-corrected chi connectivity index (χ1v) is 6.42. The number of nitrogens with zero attached hydrogens (tertiary/aromatic N) is 2. The Kier molecular flexibility index (Phi) is 2.68. The zero-order valence-electron chi connectivity index (χ0n) is 9.51. The van der Waals surface area contributed by atoms with Crippen LogP contribution in [0.2, 0.25) is 0 Å². The molecule has 0 radical (unpaired) electrons. The van der Waals surface area contributed by atoms with Crippen molar-refractivity contribution < 1.29 is 4.74 Å². The predicted molar refractivity (Wildman–Crippen MR) is 67.9 cm³/mol. The van der Waals surface area contributed by atoms with Crippen molar-refractivity contribution in [3.63, 3.8) is 0 Å². The minimum Gasteiger partial charge on any atom is -0.430 e. The molecule has 0 saturated heterocycles. The number of hydrogen-bond donors (Lipinski definition) is 1. The molecule has 0 bridgehead atoms. The molecule has 1 aromatic heterocycles. The average molecular weight is 247 g/mol. The van der Waals surface area contributed by atoms with Crippen molar-refractivity contribution >= 4 is 17.2 Å². The Morgan fingerprint density at radius 3 is 2.71 bits per heavy atom. The zero-order valence-corrected chi connectivity index (χ0v) is 10.3. The minimum atomic E-state index is 0.579. The van der Waals surface area contributed by atoms with Gasteiger partial charge in [0, 0.05) is 30.2 Å². The van der Waals surface area contributed by atoms with Crippen molar-refractivity contribution in [2.75, 3.05) is 12.4 Å². The lowest BCUT2D eigenvalue weighted by Crippen LogP contribution is -1.88. The second kappa shape index (κ2) is 4.33. The van der Waals surface area contributed by atoms with E-state index in [1.807, 2.05) is 31.3 Å². The molecule has 1 N–H and O–H groups in total. The SMILES string of the molecule is CNc1ccc(Oc2nc(C3CC3)ns2)cc1. The molecule has 1 fully saturated rings. The molecule has 17 heavy (non-hydrogen) atoms. The first-order chi connectivity index (χ1) is 8.35. The van der Waals surface area contributed by atoms with Gasteiger partial charge in [-0.25, -0.2) is 0 Å². The molecule has 88 valence electrons. The summed E-state index contributed by atoms with van der Waals surface area (Å²) in [7, 11) is 1.89. The summed E-state index contributed by atoms with van der Waals surface area (Å²) in [6.07, 6.45) is 2.43. The standard InChI is InChI=1S/C12H13N3OS/c1-13-9-4-6-10(7-5-9)16-12-14-11(15-17-12)8-2-3-8/h4-8,13H,2-3H2,1H3. The maximum absolute atomic E-state index is 5.65. The Morgan fingerprint density at radius 2 is 2.06 bits per heavy atom. The van der Waals surface area contributed by atoms with Crippen LogP contribution in [0.3, 0.4) is 0 Å². The fraction of sp³-hybridized carbons (Fsp3) is 0.333. The molecule has 2 aromatic rings. The second-order valence-electron chi connectivity index (χ2n) is 4.07. The van der Waals surface area contributed by atoms with Crippen molar-refractivity contribution in [2.45, 2.75) is 18.8 Å². The summed E-state index contributed by atoms with van der Waals surface area (Å²) in [5.41, 5.74) is 1.06. The van der Waals surface area contributed by atoms with E-state index in [1.54, 1.807) is 0 Å². The monoisotopic (exact) mass is 247 g/mol. The van der Waals surface area contributed by atoms with Gasteiger partial charge in [0.25, 0.3) is 5.19 Å². The first-order valence-electron chi connectivity index (χ1n) is 5.64. The van der Waals surface area contributed by atoms with E-state index in [-0.39, 0.29) is 0 Å². The molecule has 4 nitrogen and oxygen atoms in total. The number of anilines is 1. The average Bonchev–Trinajstić information content (AvgIpc) is 3.12. The van der Waals surface area contributed by atoms with E-state index < -0.39 is 0 Å². The van der Waals surface area contributed by atoms with Crippen LogP contribution in [0.15, 0.2) is 24.3 Å². The number of rotatable bonds is 4. The lowest BCUT2D eigenvalue weighted by atomic mass is 10.3.